The normalized spacial score (nSPS) is 12.9. The fourth-order valence-electron chi connectivity index (χ4n) is 3.25. The smallest absolute Gasteiger partial charge is 0.203 e. The highest BCUT2D eigenvalue weighted by atomic mass is 16.6. The van der Waals surface area contributed by atoms with Crippen LogP contribution in [0.1, 0.15) is 38.0 Å². The van der Waals surface area contributed by atoms with Crippen molar-refractivity contribution in [3.8, 4) is 28.7 Å². The summed E-state index contributed by atoms with van der Waals surface area (Å²) in [6.07, 6.45) is 1.72. The van der Waals surface area contributed by atoms with Crippen LogP contribution in [-0.2, 0) is 11.2 Å². The van der Waals surface area contributed by atoms with Gasteiger partial charge < -0.3 is 28.8 Å². The Morgan fingerprint density at radius 1 is 0.935 bits per heavy atom. The van der Waals surface area contributed by atoms with E-state index in [-0.39, 0.29) is 11.9 Å². The summed E-state index contributed by atoms with van der Waals surface area (Å²) >= 11 is 0. The third kappa shape index (κ3) is 6.31. The molecule has 2 aromatic rings. The van der Waals surface area contributed by atoms with E-state index in [0.29, 0.717) is 41.9 Å². The van der Waals surface area contributed by atoms with Crippen molar-refractivity contribution in [1.29, 1.82) is 0 Å². The number of methoxy groups -OCH3 is 3. The fourth-order valence-corrected chi connectivity index (χ4v) is 3.25. The minimum Gasteiger partial charge on any atom is -0.504 e. The lowest BCUT2D eigenvalue weighted by molar-refractivity contribution is -0.0321. The molecule has 1 N–H and O–H groups in total. The van der Waals surface area contributed by atoms with Crippen molar-refractivity contribution < 1.29 is 28.8 Å². The number of ether oxygens (including phenoxy) is 5. The van der Waals surface area contributed by atoms with Crippen LogP contribution in [0.15, 0.2) is 43.0 Å². The zero-order valence-corrected chi connectivity index (χ0v) is 19.3. The minimum absolute atomic E-state index is 0.0728. The number of benzene rings is 2. The number of allylic oxidation sites excluding steroid dienone is 1. The van der Waals surface area contributed by atoms with Gasteiger partial charge in [0.05, 0.1) is 21.3 Å². The molecule has 0 spiro atoms. The van der Waals surface area contributed by atoms with Crippen LogP contribution in [0, 0.1) is 5.92 Å². The van der Waals surface area contributed by atoms with Crippen molar-refractivity contribution in [3.05, 3.63) is 54.1 Å². The lowest BCUT2D eigenvalue weighted by Crippen LogP contribution is -2.26. The molecule has 31 heavy (non-hydrogen) atoms. The quantitative estimate of drug-likeness (QED) is 0.459. The van der Waals surface area contributed by atoms with Crippen LogP contribution >= 0.6 is 0 Å². The van der Waals surface area contributed by atoms with Crippen molar-refractivity contribution >= 4 is 0 Å². The van der Waals surface area contributed by atoms with E-state index >= 15 is 0 Å². The third-order valence-corrected chi connectivity index (χ3v) is 4.77. The molecule has 0 aliphatic heterocycles. The molecule has 2 atom stereocenters. The van der Waals surface area contributed by atoms with Crippen LogP contribution in [-0.4, -0.2) is 39.1 Å². The molecule has 0 aliphatic carbocycles. The molecule has 2 rings (SSSR count). The Morgan fingerprint density at radius 3 is 2.06 bits per heavy atom. The standard InChI is InChI=1S/C25H34O6/c1-8-9-18-12-22(28-6)25(23(13-18)29-7)31-17(4)24(30-15-16(2)3)19-10-11-20(26)21(14-19)27-5/h8,10-14,16-17,24,26H,1,9,15H2,2-7H3. The van der Waals surface area contributed by atoms with Crippen molar-refractivity contribution in [3.63, 3.8) is 0 Å². The summed E-state index contributed by atoms with van der Waals surface area (Å²) in [4.78, 5) is 0. The van der Waals surface area contributed by atoms with Gasteiger partial charge in [-0.2, -0.15) is 0 Å². The van der Waals surface area contributed by atoms with Crippen molar-refractivity contribution in [2.24, 2.45) is 5.92 Å². The summed E-state index contributed by atoms with van der Waals surface area (Å²) in [5.74, 6) is 2.46. The molecule has 0 radical (unpaired) electrons. The molecule has 170 valence electrons. The summed E-state index contributed by atoms with van der Waals surface area (Å²) in [6, 6.07) is 9.00. The van der Waals surface area contributed by atoms with Crippen LogP contribution in [0.25, 0.3) is 0 Å². The largest absolute Gasteiger partial charge is 0.504 e. The molecule has 0 aliphatic rings. The van der Waals surface area contributed by atoms with Gasteiger partial charge >= 0.3 is 0 Å². The Morgan fingerprint density at radius 2 is 1.55 bits per heavy atom. The van der Waals surface area contributed by atoms with E-state index in [2.05, 4.69) is 20.4 Å². The summed E-state index contributed by atoms with van der Waals surface area (Å²) in [5.41, 5.74) is 1.85. The van der Waals surface area contributed by atoms with E-state index in [1.807, 2.05) is 31.2 Å². The van der Waals surface area contributed by atoms with E-state index in [4.69, 9.17) is 23.7 Å². The van der Waals surface area contributed by atoms with Crippen molar-refractivity contribution in [1.82, 2.24) is 0 Å². The Labute approximate surface area is 185 Å². The maximum atomic E-state index is 9.98. The maximum absolute atomic E-state index is 9.98. The molecule has 0 amide bonds. The lowest BCUT2D eigenvalue weighted by atomic mass is 10.0. The second kappa shape index (κ2) is 11.5. The van der Waals surface area contributed by atoms with E-state index in [9.17, 15) is 5.11 Å². The van der Waals surface area contributed by atoms with Crippen LogP contribution < -0.4 is 18.9 Å². The SMILES string of the molecule is C=CCc1cc(OC)c(OC(C)C(OCC(C)C)c2ccc(O)c(OC)c2)c(OC)c1. The van der Waals surface area contributed by atoms with E-state index in [1.54, 1.807) is 26.4 Å². The van der Waals surface area contributed by atoms with Gasteiger partial charge in [-0.25, -0.2) is 0 Å². The molecule has 6 heteroatoms. The average Bonchev–Trinajstić information content (AvgIpc) is 2.75. The highest BCUT2D eigenvalue weighted by Crippen LogP contribution is 2.41. The van der Waals surface area contributed by atoms with Gasteiger partial charge in [-0.3, -0.25) is 0 Å². The Balaban J connectivity index is 2.41. The zero-order valence-electron chi connectivity index (χ0n) is 19.3. The molecule has 0 fully saturated rings. The highest BCUT2D eigenvalue weighted by molar-refractivity contribution is 5.54. The number of aromatic hydroxyl groups is 1. The first-order valence-corrected chi connectivity index (χ1v) is 10.4. The molecule has 0 saturated heterocycles. The number of hydrogen-bond acceptors (Lipinski definition) is 6. The molecule has 0 saturated carbocycles. The minimum atomic E-state index is -0.404. The highest BCUT2D eigenvalue weighted by Gasteiger charge is 2.26. The van der Waals surface area contributed by atoms with Crippen LogP contribution in [0.4, 0.5) is 0 Å². The number of hydrogen-bond donors (Lipinski definition) is 1. The van der Waals surface area contributed by atoms with Gasteiger partial charge in [0.2, 0.25) is 5.75 Å². The topological polar surface area (TPSA) is 66.4 Å². The second-order valence-corrected chi connectivity index (χ2v) is 7.72. The first kappa shape index (κ1) is 24.4. The molecular formula is C25H34O6. The van der Waals surface area contributed by atoms with Gasteiger partial charge in [0.15, 0.2) is 23.0 Å². The number of phenolic OH excluding ortho intramolecular Hbond substituents is 1. The molecular weight excluding hydrogens is 396 g/mol. The van der Waals surface area contributed by atoms with E-state index < -0.39 is 6.10 Å². The Bertz CT molecular complexity index is 836. The van der Waals surface area contributed by atoms with Crippen molar-refractivity contribution in [2.75, 3.05) is 27.9 Å². The Kier molecular flexibility index (Phi) is 9.06. The summed E-state index contributed by atoms with van der Waals surface area (Å²) in [5, 5.41) is 9.98. The average molecular weight is 431 g/mol. The van der Waals surface area contributed by atoms with Gasteiger partial charge in [0, 0.05) is 6.61 Å². The van der Waals surface area contributed by atoms with Crippen molar-refractivity contribution in [2.45, 2.75) is 39.4 Å². The first-order valence-electron chi connectivity index (χ1n) is 10.4. The first-order chi connectivity index (χ1) is 14.8. The van der Waals surface area contributed by atoms with Crippen LogP contribution in [0.5, 0.6) is 28.7 Å². The predicted octanol–water partition coefficient (Wildman–Crippen LogP) is 5.33. The number of rotatable bonds is 12. The summed E-state index contributed by atoms with van der Waals surface area (Å²) in [7, 11) is 4.71. The van der Waals surface area contributed by atoms with Gasteiger partial charge in [-0.15, -0.1) is 6.58 Å². The van der Waals surface area contributed by atoms with E-state index in [1.165, 1.54) is 7.11 Å². The predicted molar refractivity (Wildman–Crippen MR) is 122 cm³/mol. The van der Waals surface area contributed by atoms with Gasteiger partial charge in [0.1, 0.15) is 12.2 Å². The van der Waals surface area contributed by atoms with E-state index in [0.717, 1.165) is 11.1 Å². The number of phenols is 1. The molecule has 2 aromatic carbocycles. The monoisotopic (exact) mass is 430 g/mol. The summed E-state index contributed by atoms with van der Waals surface area (Å²) < 4.78 is 29.0. The third-order valence-electron chi connectivity index (χ3n) is 4.77. The van der Waals surface area contributed by atoms with Gasteiger partial charge in [-0.05, 0) is 54.7 Å². The molecule has 2 unspecified atom stereocenters. The summed E-state index contributed by atoms with van der Waals surface area (Å²) in [6.45, 7) is 10.4. The lowest BCUT2D eigenvalue weighted by Gasteiger charge is -2.28. The Hall–Kier alpha value is -2.86. The molecule has 0 heterocycles. The molecule has 6 nitrogen and oxygen atoms in total. The maximum Gasteiger partial charge on any atom is 0.203 e. The second-order valence-electron chi connectivity index (χ2n) is 7.72. The van der Waals surface area contributed by atoms with Crippen LogP contribution in [0.2, 0.25) is 0 Å². The molecule has 0 bridgehead atoms. The zero-order chi connectivity index (χ0) is 23.0. The fraction of sp³-hybridized carbons (Fsp3) is 0.440. The van der Waals surface area contributed by atoms with Gasteiger partial charge in [-0.1, -0.05) is 26.0 Å². The molecule has 0 aromatic heterocycles. The van der Waals surface area contributed by atoms with Crippen LogP contribution in [0.3, 0.4) is 0 Å². The van der Waals surface area contributed by atoms with Gasteiger partial charge in [0.25, 0.3) is 0 Å².